The molecule has 0 saturated heterocycles. The molecule has 4 rings (SSSR count). The van der Waals surface area contributed by atoms with Crippen molar-refractivity contribution in [2.45, 2.75) is 19.9 Å². The number of carbonyl (C=O) groups is 1. The lowest BCUT2D eigenvalue weighted by atomic mass is 10.1. The van der Waals surface area contributed by atoms with Crippen LogP contribution in [0.1, 0.15) is 24.4 Å². The number of anilines is 1. The van der Waals surface area contributed by atoms with Gasteiger partial charge in [0.1, 0.15) is 11.6 Å². The van der Waals surface area contributed by atoms with Gasteiger partial charge in [0.15, 0.2) is 0 Å². The van der Waals surface area contributed by atoms with Crippen LogP contribution in [0.5, 0.6) is 5.75 Å². The topological polar surface area (TPSA) is 76.5 Å². The maximum Gasteiger partial charge on any atom is 0.322 e. The van der Waals surface area contributed by atoms with Crippen molar-refractivity contribution < 1.29 is 9.53 Å². The number of hydrogen-bond donors (Lipinski definition) is 1. The Hall–Kier alpha value is -4.13. The van der Waals surface area contributed by atoms with Gasteiger partial charge in [-0.3, -0.25) is 9.36 Å². The van der Waals surface area contributed by atoms with E-state index in [4.69, 9.17) is 9.72 Å². The Morgan fingerprint density at radius 3 is 2.45 bits per heavy atom. The number of ether oxygens (including phenoxy) is 1. The molecule has 3 aromatic carbocycles. The van der Waals surface area contributed by atoms with Crippen LogP contribution >= 0.6 is 0 Å². The summed E-state index contributed by atoms with van der Waals surface area (Å²) in [4.78, 5) is 33.0. The molecule has 1 heterocycles. The molecule has 0 spiro atoms. The monoisotopic (exact) mass is 442 g/mol. The van der Waals surface area contributed by atoms with Crippen LogP contribution in [0.25, 0.3) is 16.6 Å². The molecule has 4 aromatic rings. The molecule has 1 atom stereocenters. The summed E-state index contributed by atoms with van der Waals surface area (Å²) in [5, 5.41) is 3.41. The number of rotatable bonds is 5. The molecule has 33 heavy (non-hydrogen) atoms. The van der Waals surface area contributed by atoms with Crippen LogP contribution in [0.15, 0.2) is 77.6 Å². The van der Waals surface area contributed by atoms with Crippen LogP contribution in [0.2, 0.25) is 0 Å². The van der Waals surface area contributed by atoms with Gasteiger partial charge in [-0.15, -0.1) is 0 Å². The number of aryl methyl sites for hydroxylation is 1. The molecule has 0 aliphatic heterocycles. The molecule has 7 heteroatoms. The molecule has 0 bridgehead atoms. The fourth-order valence-corrected chi connectivity index (χ4v) is 3.78. The van der Waals surface area contributed by atoms with Crippen molar-refractivity contribution in [2.24, 2.45) is 0 Å². The summed E-state index contributed by atoms with van der Waals surface area (Å²) < 4.78 is 6.94. The van der Waals surface area contributed by atoms with Crippen LogP contribution in [0, 0.1) is 6.92 Å². The molecular weight excluding hydrogens is 416 g/mol. The van der Waals surface area contributed by atoms with Gasteiger partial charge in [0.2, 0.25) is 0 Å². The lowest BCUT2D eigenvalue weighted by molar-refractivity contribution is 0.205. The molecule has 0 radical (unpaired) electrons. The molecule has 1 unspecified atom stereocenters. The van der Waals surface area contributed by atoms with Crippen molar-refractivity contribution in [3.8, 4) is 11.4 Å². The quantitative estimate of drug-likeness (QED) is 0.476. The average Bonchev–Trinajstić information content (AvgIpc) is 2.84. The Morgan fingerprint density at radius 1 is 1.03 bits per heavy atom. The molecule has 7 nitrogen and oxygen atoms in total. The highest BCUT2D eigenvalue weighted by atomic mass is 16.5. The second-order valence-electron chi connectivity index (χ2n) is 7.83. The minimum atomic E-state index is -0.503. The van der Waals surface area contributed by atoms with E-state index < -0.39 is 6.04 Å². The fraction of sp³-hybridized carbons (Fsp3) is 0.192. The smallest absolute Gasteiger partial charge is 0.322 e. The lowest BCUT2D eigenvalue weighted by Gasteiger charge is -2.27. The van der Waals surface area contributed by atoms with Crippen molar-refractivity contribution in [1.82, 2.24) is 14.5 Å². The fourth-order valence-electron chi connectivity index (χ4n) is 3.78. The van der Waals surface area contributed by atoms with Crippen LogP contribution in [-0.2, 0) is 0 Å². The summed E-state index contributed by atoms with van der Waals surface area (Å²) in [5.74, 6) is 1.04. The Bertz CT molecular complexity index is 1380. The Balaban J connectivity index is 1.79. The predicted octanol–water partition coefficient (Wildman–Crippen LogP) is 4.93. The van der Waals surface area contributed by atoms with E-state index in [1.807, 2.05) is 68.4 Å². The van der Waals surface area contributed by atoms with Crippen LogP contribution < -0.4 is 15.6 Å². The first-order chi connectivity index (χ1) is 15.9. The van der Waals surface area contributed by atoms with E-state index in [-0.39, 0.29) is 11.6 Å². The molecule has 1 aromatic heterocycles. The number of methoxy groups -OCH3 is 1. The third-order valence-electron chi connectivity index (χ3n) is 5.78. The third-order valence-corrected chi connectivity index (χ3v) is 5.78. The van der Waals surface area contributed by atoms with Gasteiger partial charge in [0.05, 0.1) is 35.4 Å². The number of hydrogen-bond acceptors (Lipinski definition) is 4. The summed E-state index contributed by atoms with van der Waals surface area (Å²) in [6.45, 7) is 3.80. The highest BCUT2D eigenvalue weighted by Gasteiger charge is 2.25. The summed E-state index contributed by atoms with van der Waals surface area (Å²) in [7, 11) is 3.23. The van der Waals surface area contributed by atoms with E-state index in [2.05, 4.69) is 5.32 Å². The van der Waals surface area contributed by atoms with Crippen LogP contribution in [-0.4, -0.2) is 34.6 Å². The number of fused-ring (bicyclic) bond motifs is 1. The predicted molar refractivity (Wildman–Crippen MR) is 130 cm³/mol. The molecule has 0 saturated carbocycles. The standard InChI is InChI=1S/C26H26N4O3/c1-17-11-5-9-15-22(17)30-24(27-20-13-7-6-12-19(20)25(30)31)18(2)29(3)26(32)28-21-14-8-10-16-23(21)33-4/h5-16,18H,1-4H3,(H,28,32). The van der Waals surface area contributed by atoms with Gasteiger partial charge in [-0.25, -0.2) is 9.78 Å². The molecule has 0 fully saturated rings. The normalized spacial score (nSPS) is 11.8. The van der Waals surface area contributed by atoms with Crippen molar-refractivity contribution >= 4 is 22.6 Å². The number of aromatic nitrogens is 2. The Morgan fingerprint density at radius 2 is 1.70 bits per heavy atom. The zero-order valence-electron chi connectivity index (χ0n) is 19.1. The molecule has 1 N–H and O–H groups in total. The SMILES string of the molecule is COc1ccccc1NC(=O)N(C)C(C)c1nc2ccccc2c(=O)n1-c1ccccc1C. The number of benzene rings is 3. The Kier molecular flexibility index (Phi) is 6.13. The summed E-state index contributed by atoms with van der Waals surface area (Å²) >= 11 is 0. The van der Waals surface area contributed by atoms with Crippen molar-refractivity contribution in [3.05, 3.63) is 94.5 Å². The van der Waals surface area contributed by atoms with Crippen LogP contribution in [0.3, 0.4) is 0 Å². The van der Waals surface area contributed by atoms with Gasteiger partial charge < -0.3 is 15.0 Å². The molecule has 168 valence electrons. The number of para-hydroxylation sites is 4. The van der Waals surface area contributed by atoms with E-state index in [1.165, 1.54) is 4.90 Å². The van der Waals surface area contributed by atoms with Crippen molar-refractivity contribution in [2.75, 3.05) is 19.5 Å². The van der Waals surface area contributed by atoms with Gasteiger partial charge in [-0.2, -0.15) is 0 Å². The number of nitrogens with one attached hydrogen (secondary N) is 1. The third kappa shape index (κ3) is 4.17. The number of carbonyl (C=O) groups excluding carboxylic acids is 1. The van der Waals surface area contributed by atoms with E-state index in [0.717, 1.165) is 11.3 Å². The number of nitrogens with zero attached hydrogens (tertiary/aromatic N) is 3. The minimum Gasteiger partial charge on any atom is -0.495 e. The van der Waals surface area contributed by atoms with Crippen molar-refractivity contribution in [3.63, 3.8) is 0 Å². The van der Waals surface area contributed by atoms with E-state index in [1.54, 1.807) is 36.9 Å². The van der Waals surface area contributed by atoms with Gasteiger partial charge in [-0.1, -0.05) is 42.5 Å². The van der Waals surface area contributed by atoms with Gasteiger partial charge in [0.25, 0.3) is 5.56 Å². The zero-order valence-corrected chi connectivity index (χ0v) is 19.1. The van der Waals surface area contributed by atoms with Gasteiger partial charge >= 0.3 is 6.03 Å². The number of urea groups is 1. The maximum absolute atomic E-state index is 13.6. The molecule has 0 aliphatic carbocycles. The highest BCUT2D eigenvalue weighted by molar-refractivity contribution is 5.91. The van der Waals surface area contributed by atoms with Crippen LogP contribution in [0.4, 0.5) is 10.5 Å². The van der Waals surface area contributed by atoms with E-state index >= 15 is 0 Å². The second kappa shape index (κ2) is 9.16. The first kappa shape index (κ1) is 22.1. The summed E-state index contributed by atoms with van der Waals surface area (Å²) in [6, 6.07) is 21.3. The van der Waals surface area contributed by atoms with E-state index in [9.17, 15) is 9.59 Å². The number of amides is 2. The van der Waals surface area contributed by atoms with Gasteiger partial charge in [-0.05, 0) is 49.7 Å². The molecule has 0 aliphatic rings. The van der Waals surface area contributed by atoms with Crippen molar-refractivity contribution in [1.29, 1.82) is 0 Å². The summed E-state index contributed by atoms with van der Waals surface area (Å²) in [5.41, 5.74) is 2.65. The maximum atomic E-state index is 13.6. The zero-order chi connectivity index (χ0) is 23.5. The largest absolute Gasteiger partial charge is 0.495 e. The first-order valence-corrected chi connectivity index (χ1v) is 10.7. The minimum absolute atomic E-state index is 0.171. The highest BCUT2D eigenvalue weighted by Crippen LogP contribution is 2.26. The first-order valence-electron chi connectivity index (χ1n) is 10.7. The Labute approximate surface area is 192 Å². The van der Waals surface area contributed by atoms with Gasteiger partial charge in [0, 0.05) is 7.05 Å². The second-order valence-corrected chi connectivity index (χ2v) is 7.83. The lowest BCUT2D eigenvalue weighted by Crippen LogP contribution is -2.37. The molecule has 2 amide bonds. The summed E-state index contributed by atoms with van der Waals surface area (Å²) in [6.07, 6.45) is 0. The molecular formula is C26H26N4O3. The van der Waals surface area contributed by atoms with E-state index in [0.29, 0.717) is 28.2 Å². The average molecular weight is 443 g/mol.